The molecule has 15 heavy (non-hydrogen) atoms. The number of rotatable bonds is 3. The average Bonchev–Trinajstić information content (AvgIpc) is 2.66. The van der Waals surface area contributed by atoms with Crippen LogP contribution >= 0.6 is 0 Å². The summed E-state index contributed by atoms with van der Waals surface area (Å²) in [4.78, 5) is 4.14. The number of hydrogen-bond acceptors (Lipinski definition) is 2. The van der Waals surface area contributed by atoms with Crippen LogP contribution in [0.25, 0.3) is 5.69 Å². The SMILES string of the molecule is CCNc1nccn1-c1cccc(F)c1. The second kappa shape index (κ2) is 4.13. The first kappa shape index (κ1) is 9.71. The van der Waals surface area contributed by atoms with Gasteiger partial charge in [0.2, 0.25) is 5.95 Å². The molecule has 0 saturated heterocycles. The standard InChI is InChI=1S/C11H12FN3/c1-2-13-11-14-6-7-15(11)10-5-3-4-9(12)8-10/h3-8H,2H2,1H3,(H,13,14). The van der Waals surface area contributed by atoms with E-state index in [0.29, 0.717) is 0 Å². The lowest BCUT2D eigenvalue weighted by molar-refractivity contribution is 0.626. The summed E-state index contributed by atoms with van der Waals surface area (Å²) in [5, 5.41) is 3.10. The van der Waals surface area contributed by atoms with Crippen LogP contribution in [0.5, 0.6) is 0 Å². The molecule has 78 valence electrons. The molecule has 0 unspecified atom stereocenters. The van der Waals surface area contributed by atoms with Gasteiger partial charge in [0, 0.05) is 18.9 Å². The van der Waals surface area contributed by atoms with Crippen LogP contribution in [0.4, 0.5) is 10.3 Å². The topological polar surface area (TPSA) is 29.9 Å². The highest BCUT2D eigenvalue weighted by Gasteiger charge is 2.03. The quantitative estimate of drug-likeness (QED) is 0.834. The second-order valence-corrected chi connectivity index (χ2v) is 3.13. The van der Waals surface area contributed by atoms with Gasteiger partial charge >= 0.3 is 0 Å². The molecule has 0 spiro atoms. The predicted molar refractivity (Wildman–Crippen MR) is 57.7 cm³/mol. The van der Waals surface area contributed by atoms with Gasteiger partial charge in [-0.1, -0.05) is 6.07 Å². The summed E-state index contributed by atoms with van der Waals surface area (Å²) >= 11 is 0. The van der Waals surface area contributed by atoms with Crippen LogP contribution in [0.15, 0.2) is 36.7 Å². The summed E-state index contributed by atoms with van der Waals surface area (Å²) in [6.45, 7) is 2.77. The molecule has 0 aliphatic heterocycles. The summed E-state index contributed by atoms with van der Waals surface area (Å²) in [7, 11) is 0. The number of nitrogens with zero attached hydrogens (tertiary/aromatic N) is 2. The van der Waals surface area contributed by atoms with Gasteiger partial charge in [-0.2, -0.15) is 0 Å². The number of anilines is 1. The molecule has 0 amide bonds. The smallest absolute Gasteiger partial charge is 0.207 e. The number of aromatic nitrogens is 2. The molecule has 1 N–H and O–H groups in total. The first-order valence-electron chi connectivity index (χ1n) is 4.84. The van der Waals surface area contributed by atoms with E-state index < -0.39 is 0 Å². The van der Waals surface area contributed by atoms with Crippen LogP contribution in [0, 0.1) is 5.82 Å². The van der Waals surface area contributed by atoms with Crippen molar-refractivity contribution >= 4 is 5.95 Å². The third-order valence-electron chi connectivity index (χ3n) is 2.06. The van der Waals surface area contributed by atoms with E-state index in [4.69, 9.17) is 0 Å². The molecular formula is C11H12FN3. The first-order valence-corrected chi connectivity index (χ1v) is 4.84. The Kier molecular flexibility index (Phi) is 2.67. The summed E-state index contributed by atoms with van der Waals surface area (Å²) in [5.74, 6) is 0.478. The van der Waals surface area contributed by atoms with Gasteiger partial charge in [0.25, 0.3) is 0 Å². The molecule has 0 aliphatic carbocycles. The first-order chi connectivity index (χ1) is 7.31. The molecule has 3 nitrogen and oxygen atoms in total. The van der Waals surface area contributed by atoms with Crippen molar-refractivity contribution in [2.75, 3.05) is 11.9 Å². The summed E-state index contributed by atoms with van der Waals surface area (Å²) in [5.41, 5.74) is 0.767. The van der Waals surface area contributed by atoms with Crippen LogP contribution in [0.3, 0.4) is 0 Å². The van der Waals surface area contributed by atoms with Gasteiger partial charge < -0.3 is 5.32 Å². The van der Waals surface area contributed by atoms with Gasteiger partial charge in [-0.25, -0.2) is 9.37 Å². The lowest BCUT2D eigenvalue weighted by atomic mass is 10.3. The van der Waals surface area contributed by atoms with Crippen LogP contribution in [-0.2, 0) is 0 Å². The van der Waals surface area contributed by atoms with Gasteiger partial charge in [-0.05, 0) is 25.1 Å². The fraction of sp³-hybridized carbons (Fsp3) is 0.182. The molecule has 4 heteroatoms. The molecule has 0 radical (unpaired) electrons. The number of halogens is 1. The maximum absolute atomic E-state index is 13.0. The minimum atomic E-state index is -0.247. The molecule has 0 aliphatic rings. The molecule has 0 atom stereocenters. The van der Waals surface area contributed by atoms with E-state index in [-0.39, 0.29) is 5.82 Å². The Morgan fingerprint density at radius 1 is 1.47 bits per heavy atom. The normalized spacial score (nSPS) is 10.3. The molecule has 2 aromatic rings. The second-order valence-electron chi connectivity index (χ2n) is 3.13. The van der Waals surface area contributed by atoms with E-state index >= 15 is 0 Å². The Hall–Kier alpha value is -1.84. The van der Waals surface area contributed by atoms with E-state index in [0.717, 1.165) is 18.2 Å². The van der Waals surface area contributed by atoms with E-state index in [9.17, 15) is 4.39 Å². The molecule has 0 saturated carbocycles. The molecular weight excluding hydrogens is 193 g/mol. The fourth-order valence-corrected chi connectivity index (χ4v) is 1.43. The van der Waals surface area contributed by atoms with E-state index in [1.807, 2.05) is 17.6 Å². The van der Waals surface area contributed by atoms with Crippen molar-refractivity contribution in [3.63, 3.8) is 0 Å². The third-order valence-corrected chi connectivity index (χ3v) is 2.06. The number of hydrogen-bond donors (Lipinski definition) is 1. The number of benzene rings is 1. The number of imidazole rings is 1. The Bertz CT molecular complexity index is 451. The molecule has 1 heterocycles. The van der Waals surface area contributed by atoms with Gasteiger partial charge in [0.1, 0.15) is 5.82 Å². The highest BCUT2D eigenvalue weighted by molar-refractivity contribution is 5.41. The highest BCUT2D eigenvalue weighted by Crippen LogP contribution is 2.14. The Morgan fingerprint density at radius 3 is 3.07 bits per heavy atom. The lowest BCUT2D eigenvalue weighted by Crippen LogP contribution is -2.04. The minimum absolute atomic E-state index is 0.247. The van der Waals surface area contributed by atoms with Gasteiger partial charge in [-0.3, -0.25) is 4.57 Å². The van der Waals surface area contributed by atoms with Crippen molar-refractivity contribution in [1.29, 1.82) is 0 Å². The lowest BCUT2D eigenvalue weighted by Gasteiger charge is -2.07. The fourth-order valence-electron chi connectivity index (χ4n) is 1.43. The summed E-state index contributed by atoms with van der Waals surface area (Å²) in [6, 6.07) is 6.42. The van der Waals surface area contributed by atoms with Gasteiger partial charge in [0.15, 0.2) is 0 Å². The largest absolute Gasteiger partial charge is 0.356 e. The monoisotopic (exact) mass is 205 g/mol. The highest BCUT2D eigenvalue weighted by atomic mass is 19.1. The molecule has 2 rings (SSSR count). The maximum Gasteiger partial charge on any atom is 0.207 e. The molecule has 0 fully saturated rings. The van der Waals surface area contributed by atoms with Gasteiger partial charge in [-0.15, -0.1) is 0 Å². The molecule has 1 aromatic carbocycles. The predicted octanol–water partition coefficient (Wildman–Crippen LogP) is 2.44. The van der Waals surface area contributed by atoms with Crippen molar-refractivity contribution in [2.24, 2.45) is 0 Å². The average molecular weight is 205 g/mol. The summed E-state index contributed by atoms with van der Waals surface area (Å²) in [6.07, 6.45) is 3.48. The van der Waals surface area contributed by atoms with E-state index in [2.05, 4.69) is 10.3 Å². The Labute approximate surface area is 87.6 Å². The summed E-state index contributed by atoms with van der Waals surface area (Å²) < 4.78 is 14.8. The zero-order chi connectivity index (χ0) is 10.7. The zero-order valence-corrected chi connectivity index (χ0v) is 8.44. The maximum atomic E-state index is 13.0. The van der Waals surface area contributed by atoms with E-state index in [1.165, 1.54) is 12.1 Å². The number of nitrogens with one attached hydrogen (secondary N) is 1. The zero-order valence-electron chi connectivity index (χ0n) is 8.44. The molecule has 1 aromatic heterocycles. The van der Waals surface area contributed by atoms with Crippen LogP contribution in [0.1, 0.15) is 6.92 Å². The van der Waals surface area contributed by atoms with Crippen LogP contribution < -0.4 is 5.32 Å². The molecule has 0 bridgehead atoms. The van der Waals surface area contributed by atoms with Crippen LogP contribution in [0.2, 0.25) is 0 Å². The van der Waals surface area contributed by atoms with Crippen molar-refractivity contribution in [2.45, 2.75) is 6.92 Å². The van der Waals surface area contributed by atoms with Crippen molar-refractivity contribution < 1.29 is 4.39 Å². The van der Waals surface area contributed by atoms with Crippen molar-refractivity contribution in [3.8, 4) is 5.69 Å². The van der Waals surface area contributed by atoms with Crippen molar-refractivity contribution in [3.05, 3.63) is 42.5 Å². The Morgan fingerprint density at radius 2 is 2.33 bits per heavy atom. The minimum Gasteiger partial charge on any atom is -0.356 e. The third kappa shape index (κ3) is 1.98. The van der Waals surface area contributed by atoms with Crippen LogP contribution in [-0.4, -0.2) is 16.1 Å². The van der Waals surface area contributed by atoms with Gasteiger partial charge in [0.05, 0.1) is 5.69 Å². The van der Waals surface area contributed by atoms with Crippen molar-refractivity contribution in [1.82, 2.24) is 9.55 Å². The Balaban J connectivity index is 2.40. The van der Waals surface area contributed by atoms with E-state index in [1.54, 1.807) is 18.5 Å².